The zero-order valence-electron chi connectivity index (χ0n) is 13.8. The summed E-state index contributed by atoms with van der Waals surface area (Å²) in [5.41, 5.74) is 1.35. The highest BCUT2D eigenvalue weighted by Crippen LogP contribution is 2.23. The zero-order chi connectivity index (χ0) is 19.2. The molecule has 0 aliphatic carbocycles. The van der Waals surface area contributed by atoms with Crippen molar-refractivity contribution in [3.05, 3.63) is 64.6 Å². The summed E-state index contributed by atoms with van der Waals surface area (Å²) in [6.45, 7) is -0.527. The van der Waals surface area contributed by atoms with Gasteiger partial charge in [0.25, 0.3) is 5.91 Å². The van der Waals surface area contributed by atoms with E-state index in [9.17, 15) is 14.0 Å². The van der Waals surface area contributed by atoms with Crippen molar-refractivity contribution in [2.45, 2.75) is 6.42 Å². The van der Waals surface area contributed by atoms with E-state index >= 15 is 0 Å². The van der Waals surface area contributed by atoms with Crippen molar-refractivity contribution >= 4 is 40.5 Å². The number of halogens is 2. The van der Waals surface area contributed by atoms with Crippen molar-refractivity contribution in [1.82, 2.24) is 9.97 Å². The molecule has 0 radical (unpaired) electrons. The van der Waals surface area contributed by atoms with Crippen LogP contribution in [0.25, 0.3) is 10.6 Å². The van der Waals surface area contributed by atoms with Gasteiger partial charge in [0.15, 0.2) is 6.61 Å². The van der Waals surface area contributed by atoms with E-state index in [4.69, 9.17) is 16.3 Å². The van der Waals surface area contributed by atoms with Gasteiger partial charge >= 0.3 is 5.97 Å². The summed E-state index contributed by atoms with van der Waals surface area (Å²) in [5, 5.41) is 5.01. The lowest BCUT2D eigenvalue weighted by atomic mass is 10.3. The number of anilines is 1. The molecule has 0 unspecified atom stereocenters. The minimum absolute atomic E-state index is 0.0407. The third-order valence-corrected chi connectivity index (χ3v) is 4.53. The molecule has 0 spiro atoms. The van der Waals surface area contributed by atoms with E-state index in [1.807, 2.05) is 6.07 Å². The number of hydrogen-bond donors (Lipinski definition) is 1. The van der Waals surface area contributed by atoms with Crippen LogP contribution in [0.5, 0.6) is 0 Å². The SMILES string of the molecule is O=C(COC(=O)Cc1csc(-c2cccnc2)n1)Nc1ccc(Cl)cc1F. The molecule has 1 amide bonds. The highest BCUT2D eigenvalue weighted by atomic mass is 35.5. The maximum Gasteiger partial charge on any atom is 0.312 e. The fourth-order valence-corrected chi connectivity index (χ4v) is 3.10. The van der Waals surface area contributed by atoms with Crippen LogP contribution in [-0.2, 0) is 20.7 Å². The number of aromatic nitrogens is 2. The number of rotatable bonds is 6. The molecule has 0 aliphatic heterocycles. The number of hydrogen-bond acceptors (Lipinski definition) is 6. The first-order valence-electron chi connectivity index (χ1n) is 7.76. The maximum atomic E-state index is 13.6. The van der Waals surface area contributed by atoms with Gasteiger partial charge in [-0.15, -0.1) is 11.3 Å². The van der Waals surface area contributed by atoms with Gasteiger partial charge in [-0.05, 0) is 30.3 Å². The second-order valence-electron chi connectivity index (χ2n) is 5.40. The highest BCUT2D eigenvalue weighted by Gasteiger charge is 2.13. The Labute approximate surface area is 163 Å². The van der Waals surface area contributed by atoms with Crippen molar-refractivity contribution < 1.29 is 18.7 Å². The van der Waals surface area contributed by atoms with E-state index in [0.29, 0.717) is 5.69 Å². The number of pyridine rings is 1. The number of amides is 1. The van der Waals surface area contributed by atoms with Gasteiger partial charge in [-0.25, -0.2) is 9.37 Å². The zero-order valence-corrected chi connectivity index (χ0v) is 15.4. The smallest absolute Gasteiger partial charge is 0.312 e. The fourth-order valence-electron chi connectivity index (χ4n) is 2.13. The van der Waals surface area contributed by atoms with Crippen LogP contribution >= 0.6 is 22.9 Å². The summed E-state index contributed by atoms with van der Waals surface area (Å²) >= 11 is 7.03. The third kappa shape index (κ3) is 5.32. The molecule has 27 heavy (non-hydrogen) atoms. The third-order valence-electron chi connectivity index (χ3n) is 3.36. The lowest BCUT2D eigenvalue weighted by Gasteiger charge is -2.07. The van der Waals surface area contributed by atoms with E-state index in [0.717, 1.165) is 16.6 Å². The average Bonchev–Trinajstić information content (AvgIpc) is 3.11. The van der Waals surface area contributed by atoms with Gasteiger partial charge in [0, 0.05) is 28.4 Å². The quantitative estimate of drug-likeness (QED) is 0.632. The van der Waals surface area contributed by atoms with E-state index in [1.54, 1.807) is 23.8 Å². The summed E-state index contributed by atoms with van der Waals surface area (Å²) in [4.78, 5) is 32.0. The molecule has 6 nitrogen and oxygen atoms in total. The largest absolute Gasteiger partial charge is 0.455 e. The van der Waals surface area contributed by atoms with Crippen LogP contribution in [0.15, 0.2) is 48.1 Å². The number of nitrogens with one attached hydrogen (secondary N) is 1. The van der Waals surface area contributed by atoms with E-state index in [-0.39, 0.29) is 17.1 Å². The van der Waals surface area contributed by atoms with Crippen LogP contribution in [0.3, 0.4) is 0 Å². The van der Waals surface area contributed by atoms with Gasteiger partial charge < -0.3 is 10.1 Å². The van der Waals surface area contributed by atoms with Crippen LogP contribution in [0.1, 0.15) is 5.69 Å². The number of carbonyl (C=O) groups excluding carboxylic acids is 2. The lowest BCUT2D eigenvalue weighted by molar-refractivity contribution is -0.146. The first kappa shape index (κ1) is 18.9. The van der Waals surface area contributed by atoms with Crippen molar-refractivity contribution in [3.63, 3.8) is 0 Å². The first-order valence-corrected chi connectivity index (χ1v) is 9.02. The predicted octanol–water partition coefficient (Wildman–Crippen LogP) is 3.72. The summed E-state index contributed by atoms with van der Waals surface area (Å²) in [6, 6.07) is 7.51. The first-order chi connectivity index (χ1) is 13.0. The molecule has 2 heterocycles. The summed E-state index contributed by atoms with van der Waals surface area (Å²) < 4.78 is 18.5. The average molecular weight is 406 g/mol. The molecule has 0 saturated heterocycles. The summed E-state index contributed by atoms with van der Waals surface area (Å²) in [5.74, 6) is -1.93. The molecular formula is C18H13ClFN3O3S. The molecule has 1 N–H and O–H groups in total. The Kier molecular flexibility index (Phi) is 6.10. The standard InChI is InChI=1S/C18H13ClFN3O3S/c19-12-3-4-15(14(20)6-12)23-16(24)9-26-17(25)7-13-10-27-18(22-13)11-2-1-5-21-8-11/h1-6,8,10H,7,9H2,(H,23,24). The van der Waals surface area contributed by atoms with Gasteiger partial charge in [0.2, 0.25) is 0 Å². The molecule has 1 aromatic carbocycles. The van der Waals surface area contributed by atoms with Crippen LogP contribution in [-0.4, -0.2) is 28.5 Å². The van der Waals surface area contributed by atoms with Crippen LogP contribution in [0, 0.1) is 5.82 Å². The Hall–Kier alpha value is -2.84. The molecular weight excluding hydrogens is 393 g/mol. The molecule has 0 bridgehead atoms. The number of benzene rings is 1. The summed E-state index contributed by atoms with van der Waals surface area (Å²) in [7, 11) is 0. The number of ether oxygens (including phenoxy) is 1. The van der Waals surface area contributed by atoms with E-state index in [2.05, 4.69) is 15.3 Å². The molecule has 3 aromatic rings. The van der Waals surface area contributed by atoms with Gasteiger partial charge in [0.05, 0.1) is 17.8 Å². The van der Waals surface area contributed by atoms with Crippen LogP contribution in [0.2, 0.25) is 5.02 Å². The van der Waals surface area contributed by atoms with Crippen LogP contribution in [0.4, 0.5) is 10.1 Å². The topological polar surface area (TPSA) is 81.2 Å². The highest BCUT2D eigenvalue weighted by molar-refractivity contribution is 7.13. The number of carbonyl (C=O) groups is 2. The number of esters is 1. The Bertz CT molecular complexity index is 965. The Morgan fingerprint density at radius 1 is 1.30 bits per heavy atom. The molecule has 9 heteroatoms. The van der Waals surface area contributed by atoms with Crippen molar-refractivity contribution in [2.75, 3.05) is 11.9 Å². The number of thiazole rings is 1. The minimum Gasteiger partial charge on any atom is -0.455 e. The van der Waals surface area contributed by atoms with Gasteiger partial charge in [-0.2, -0.15) is 0 Å². The van der Waals surface area contributed by atoms with Crippen molar-refractivity contribution in [1.29, 1.82) is 0 Å². The fraction of sp³-hybridized carbons (Fsp3) is 0.111. The van der Waals surface area contributed by atoms with E-state index < -0.39 is 24.3 Å². The van der Waals surface area contributed by atoms with E-state index in [1.165, 1.54) is 23.5 Å². The van der Waals surface area contributed by atoms with Crippen LogP contribution < -0.4 is 5.32 Å². The lowest BCUT2D eigenvalue weighted by Crippen LogP contribution is -2.22. The monoisotopic (exact) mass is 405 g/mol. The molecule has 0 aliphatic rings. The molecule has 3 rings (SSSR count). The van der Waals surface area contributed by atoms with Gasteiger partial charge in [0.1, 0.15) is 10.8 Å². The van der Waals surface area contributed by atoms with Gasteiger partial charge in [-0.1, -0.05) is 11.6 Å². The molecule has 138 valence electrons. The Morgan fingerprint density at radius 3 is 2.89 bits per heavy atom. The normalized spacial score (nSPS) is 10.4. The molecule has 2 aromatic heterocycles. The Balaban J connectivity index is 1.49. The number of nitrogens with zero attached hydrogens (tertiary/aromatic N) is 2. The van der Waals surface area contributed by atoms with Crippen molar-refractivity contribution in [2.24, 2.45) is 0 Å². The molecule has 0 saturated carbocycles. The van der Waals surface area contributed by atoms with Crippen molar-refractivity contribution in [3.8, 4) is 10.6 Å². The molecule has 0 fully saturated rings. The second kappa shape index (κ2) is 8.70. The Morgan fingerprint density at radius 2 is 2.15 bits per heavy atom. The summed E-state index contributed by atoms with van der Waals surface area (Å²) in [6.07, 6.45) is 3.27. The maximum absolute atomic E-state index is 13.6. The second-order valence-corrected chi connectivity index (χ2v) is 6.69. The predicted molar refractivity (Wildman–Crippen MR) is 100 cm³/mol. The molecule has 0 atom stereocenters. The minimum atomic E-state index is -0.674. The van der Waals surface area contributed by atoms with Gasteiger partial charge in [-0.3, -0.25) is 14.6 Å².